The molecule has 2 rings (SSSR count). The van der Waals surface area contributed by atoms with Crippen LogP contribution in [0.1, 0.15) is 35.7 Å². The summed E-state index contributed by atoms with van der Waals surface area (Å²) in [4.78, 5) is 16.1. The van der Waals surface area contributed by atoms with Crippen LogP contribution >= 0.6 is 11.8 Å². The molecule has 0 saturated heterocycles. The van der Waals surface area contributed by atoms with Crippen molar-refractivity contribution < 1.29 is 9.90 Å². The van der Waals surface area contributed by atoms with Gasteiger partial charge in [-0.1, -0.05) is 37.7 Å². The molecule has 0 spiro atoms. The third kappa shape index (κ3) is 3.58. The van der Waals surface area contributed by atoms with Gasteiger partial charge >= 0.3 is 5.97 Å². The van der Waals surface area contributed by atoms with E-state index >= 15 is 0 Å². The molecule has 1 aromatic carbocycles. The molecule has 0 atom stereocenters. The number of nitrogens with zero attached hydrogens (tertiary/aromatic N) is 1. The molecule has 0 saturated carbocycles. The van der Waals surface area contributed by atoms with Gasteiger partial charge in [0.2, 0.25) is 0 Å². The van der Waals surface area contributed by atoms with E-state index in [1.807, 2.05) is 12.1 Å². The maximum Gasteiger partial charge on any atom is 0.335 e. The van der Waals surface area contributed by atoms with Crippen LogP contribution in [-0.4, -0.2) is 16.1 Å². The SMILES string of the molecule is CC(C)c1ccc(Sc2cc(C(=O)O)ccn2)cc1. The van der Waals surface area contributed by atoms with Crippen molar-refractivity contribution in [2.45, 2.75) is 29.7 Å². The minimum absolute atomic E-state index is 0.260. The molecule has 4 heteroatoms. The Hall–Kier alpha value is -1.81. The third-order valence-corrected chi connectivity index (χ3v) is 3.69. The number of carboxylic acids is 1. The normalized spacial score (nSPS) is 10.7. The molecule has 0 radical (unpaired) electrons. The number of hydrogen-bond acceptors (Lipinski definition) is 3. The van der Waals surface area contributed by atoms with Gasteiger partial charge in [-0.05, 0) is 35.7 Å². The Morgan fingerprint density at radius 1 is 1.21 bits per heavy atom. The Morgan fingerprint density at radius 3 is 2.47 bits per heavy atom. The van der Waals surface area contributed by atoms with E-state index in [1.165, 1.54) is 29.6 Å². The van der Waals surface area contributed by atoms with E-state index in [1.54, 1.807) is 6.07 Å². The predicted octanol–water partition coefficient (Wildman–Crippen LogP) is 4.05. The molecule has 3 nitrogen and oxygen atoms in total. The highest BCUT2D eigenvalue weighted by Crippen LogP contribution is 2.27. The first kappa shape index (κ1) is 13.6. The first-order valence-corrected chi connectivity index (χ1v) is 6.85. The Balaban J connectivity index is 2.16. The van der Waals surface area contributed by atoms with Gasteiger partial charge in [0.25, 0.3) is 0 Å². The highest BCUT2D eigenvalue weighted by molar-refractivity contribution is 7.99. The number of aromatic carboxylic acids is 1. The number of rotatable bonds is 4. The summed E-state index contributed by atoms with van der Waals surface area (Å²) in [5, 5.41) is 9.63. The second kappa shape index (κ2) is 5.89. The summed E-state index contributed by atoms with van der Waals surface area (Å²) in [5.74, 6) is -0.424. The predicted molar refractivity (Wildman–Crippen MR) is 75.9 cm³/mol. The summed E-state index contributed by atoms with van der Waals surface area (Å²) in [6.07, 6.45) is 1.52. The smallest absolute Gasteiger partial charge is 0.335 e. The fourth-order valence-corrected chi connectivity index (χ4v) is 2.45. The molecule has 0 unspecified atom stereocenters. The van der Waals surface area contributed by atoms with Crippen LogP contribution in [0.5, 0.6) is 0 Å². The van der Waals surface area contributed by atoms with Crippen molar-refractivity contribution in [3.63, 3.8) is 0 Å². The van der Waals surface area contributed by atoms with Crippen molar-refractivity contribution in [2.24, 2.45) is 0 Å². The fourth-order valence-electron chi connectivity index (χ4n) is 1.64. The average molecular weight is 273 g/mol. The fraction of sp³-hybridized carbons (Fsp3) is 0.200. The van der Waals surface area contributed by atoms with Crippen LogP contribution in [0, 0.1) is 0 Å². The van der Waals surface area contributed by atoms with Crippen LogP contribution in [0.2, 0.25) is 0 Å². The van der Waals surface area contributed by atoms with Gasteiger partial charge in [-0.3, -0.25) is 0 Å². The van der Waals surface area contributed by atoms with Gasteiger partial charge in [0.15, 0.2) is 0 Å². The maximum absolute atomic E-state index is 10.9. The van der Waals surface area contributed by atoms with Crippen molar-refractivity contribution in [3.8, 4) is 0 Å². The summed E-state index contributed by atoms with van der Waals surface area (Å²) in [6, 6.07) is 11.3. The molecule has 0 amide bonds. The summed E-state index contributed by atoms with van der Waals surface area (Å²) in [7, 11) is 0. The number of carboxylic acid groups (broad SMARTS) is 1. The number of aromatic nitrogens is 1. The molecule has 1 N–H and O–H groups in total. The molecule has 0 aliphatic carbocycles. The van der Waals surface area contributed by atoms with E-state index in [0.29, 0.717) is 10.9 Å². The summed E-state index contributed by atoms with van der Waals surface area (Å²) in [6.45, 7) is 4.31. The lowest BCUT2D eigenvalue weighted by molar-refractivity contribution is 0.0696. The van der Waals surface area contributed by atoms with Crippen LogP contribution in [-0.2, 0) is 0 Å². The lowest BCUT2D eigenvalue weighted by Gasteiger charge is -2.06. The van der Waals surface area contributed by atoms with Crippen molar-refractivity contribution in [3.05, 3.63) is 53.7 Å². The number of carbonyl (C=O) groups is 1. The highest BCUT2D eigenvalue weighted by Gasteiger charge is 2.06. The Labute approximate surface area is 116 Å². The topological polar surface area (TPSA) is 50.2 Å². The second-order valence-electron chi connectivity index (χ2n) is 4.51. The van der Waals surface area contributed by atoms with Gasteiger partial charge in [0, 0.05) is 11.1 Å². The molecule has 0 aliphatic rings. The lowest BCUT2D eigenvalue weighted by Crippen LogP contribution is -1.96. The molecular formula is C15H15NO2S. The molecule has 19 heavy (non-hydrogen) atoms. The van der Waals surface area contributed by atoms with Gasteiger partial charge in [0.05, 0.1) is 5.56 Å². The monoisotopic (exact) mass is 273 g/mol. The van der Waals surface area contributed by atoms with E-state index in [4.69, 9.17) is 5.11 Å². The molecule has 1 heterocycles. The zero-order chi connectivity index (χ0) is 13.8. The van der Waals surface area contributed by atoms with Crippen LogP contribution in [0.3, 0.4) is 0 Å². The van der Waals surface area contributed by atoms with Gasteiger partial charge in [-0.2, -0.15) is 0 Å². The minimum Gasteiger partial charge on any atom is -0.478 e. The van der Waals surface area contributed by atoms with Crippen molar-refractivity contribution >= 4 is 17.7 Å². The quantitative estimate of drug-likeness (QED) is 0.912. The zero-order valence-electron chi connectivity index (χ0n) is 10.8. The van der Waals surface area contributed by atoms with Crippen LogP contribution in [0.4, 0.5) is 0 Å². The lowest BCUT2D eigenvalue weighted by atomic mass is 10.0. The van der Waals surface area contributed by atoms with E-state index in [2.05, 4.69) is 31.0 Å². The Morgan fingerprint density at radius 2 is 1.89 bits per heavy atom. The second-order valence-corrected chi connectivity index (χ2v) is 5.61. The molecule has 0 fully saturated rings. The Bertz CT molecular complexity index is 579. The van der Waals surface area contributed by atoms with Gasteiger partial charge < -0.3 is 5.11 Å². The first-order valence-electron chi connectivity index (χ1n) is 6.03. The summed E-state index contributed by atoms with van der Waals surface area (Å²) < 4.78 is 0. The van der Waals surface area contributed by atoms with Gasteiger partial charge in [-0.15, -0.1) is 0 Å². The zero-order valence-corrected chi connectivity index (χ0v) is 11.6. The molecule has 98 valence electrons. The summed E-state index contributed by atoms with van der Waals surface area (Å²) >= 11 is 1.47. The third-order valence-electron chi connectivity index (χ3n) is 2.75. The van der Waals surface area contributed by atoms with Crippen LogP contribution in [0.25, 0.3) is 0 Å². The average Bonchev–Trinajstić information content (AvgIpc) is 2.39. The standard InChI is InChI=1S/C15H15NO2S/c1-10(2)11-3-5-13(6-4-11)19-14-9-12(15(17)18)7-8-16-14/h3-10H,1-2H3,(H,17,18). The molecule has 0 aliphatic heterocycles. The Kier molecular flexibility index (Phi) is 4.22. The highest BCUT2D eigenvalue weighted by atomic mass is 32.2. The molecular weight excluding hydrogens is 258 g/mol. The van der Waals surface area contributed by atoms with E-state index in [9.17, 15) is 4.79 Å². The van der Waals surface area contributed by atoms with Crippen molar-refractivity contribution in [1.82, 2.24) is 4.98 Å². The van der Waals surface area contributed by atoms with Crippen molar-refractivity contribution in [2.75, 3.05) is 0 Å². The summed E-state index contributed by atoms with van der Waals surface area (Å²) in [5.41, 5.74) is 1.55. The van der Waals surface area contributed by atoms with Crippen LogP contribution in [0.15, 0.2) is 52.5 Å². The van der Waals surface area contributed by atoms with E-state index in [-0.39, 0.29) is 5.56 Å². The van der Waals surface area contributed by atoms with E-state index < -0.39 is 5.97 Å². The molecule has 2 aromatic rings. The number of benzene rings is 1. The largest absolute Gasteiger partial charge is 0.478 e. The van der Waals surface area contributed by atoms with Gasteiger partial charge in [-0.25, -0.2) is 9.78 Å². The van der Waals surface area contributed by atoms with Crippen LogP contribution < -0.4 is 0 Å². The molecule has 1 aromatic heterocycles. The number of pyridine rings is 1. The van der Waals surface area contributed by atoms with Crippen molar-refractivity contribution in [1.29, 1.82) is 0 Å². The van der Waals surface area contributed by atoms with Gasteiger partial charge in [0.1, 0.15) is 5.03 Å². The number of hydrogen-bond donors (Lipinski definition) is 1. The first-order chi connectivity index (χ1) is 9.06. The minimum atomic E-state index is -0.931. The van der Waals surface area contributed by atoms with E-state index in [0.717, 1.165) is 4.90 Å². The molecule has 0 bridgehead atoms. The maximum atomic E-state index is 10.9.